The molecule has 0 heterocycles. The van der Waals surface area contributed by atoms with Crippen molar-refractivity contribution in [3.8, 4) is 0 Å². The number of ether oxygens (including phenoxy) is 2. The van der Waals surface area contributed by atoms with Crippen LogP contribution in [0.25, 0.3) is 0 Å². The molecule has 5 nitrogen and oxygen atoms in total. The zero-order valence-corrected chi connectivity index (χ0v) is 51.7. The number of carbonyl (C=O) groups excluding carboxylic acids is 2. The van der Waals surface area contributed by atoms with Crippen molar-refractivity contribution in [1.82, 2.24) is 0 Å². The summed E-state index contributed by atoms with van der Waals surface area (Å²) in [5.74, 6) is -0.599. The van der Waals surface area contributed by atoms with Crippen LogP contribution in [0.15, 0.2) is 97.2 Å². The van der Waals surface area contributed by atoms with E-state index in [-0.39, 0.29) is 25.2 Å². The summed E-state index contributed by atoms with van der Waals surface area (Å²) in [4.78, 5) is 24.6. The van der Waals surface area contributed by atoms with Crippen molar-refractivity contribution in [3.63, 3.8) is 0 Å². The number of carbonyl (C=O) groups is 2. The molecule has 0 aliphatic heterocycles. The van der Waals surface area contributed by atoms with E-state index in [0.717, 1.165) is 96.3 Å². The van der Waals surface area contributed by atoms with Gasteiger partial charge in [-0.2, -0.15) is 0 Å². The van der Waals surface area contributed by atoms with Crippen LogP contribution in [0.4, 0.5) is 0 Å². The third-order valence-corrected chi connectivity index (χ3v) is 14.9. The Balaban J connectivity index is 3.49. The number of aliphatic hydroxyl groups excluding tert-OH is 1. The second kappa shape index (κ2) is 68.1. The molecule has 0 aliphatic carbocycles. The van der Waals surface area contributed by atoms with Gasteiger partial charge in [0.15, 0.2) is 6.10 Å². The average molecular weight is 1090 g/mol. The Labute approximate surface area is 485 Å². The zero-order chi connectivity index (χ0) is 56.2. The minimum Gasteiger partial charge on any atom is -0.462 e. The van der Waals surface area contributed by atoms with E-state index in [9.17, 15) is 14.7 Å². The number of hydrogen-bond donors (Lipinski definition) is 1. The molecule has 0 aromatic heterocycles. The molecule has 1 unspecified atom stereocenters. The maximum Gasteiger partial charge on any atom is 0.306 e. The molecule has 0 rings (SSSR count). The average Bonchev–Trinajstić information content (AvgIpc) is 3.44. The van der Waals surface area contributed by atoms with E-state index in [4.69, 9.17) is 9.47 Å². The van der Waals surface area contributed by atoms with Gasteiger partial charge in [-0.3, -0.25) is 9.59 Å². The SMILES string of the molecule is CC/C=C\C/C=C\C/C=C\C/C=C\C/C=C\C/C=C\C/C=C\C/C=C\CCCCCCCCC(=O)OC(CO)COC(=O)CCCCCCCCCCCCCCCCCCCCCCCCCCCCCCCCCCC. The van der Waals surface area contributed by atoms with Crippen molar-refractivity contribution in [2.24, 2.45) is 0 Å². The summed E-state index contributed by atoms with van der Waals surface area (Å²) < 4.78 is 10.7. The Kier molecular flexibility index (Phi) is 65.3. The molecule has 1 N–H and O–H groups in total. The highest BCUT2D eigenvalue weighted by molar-refractivity contribution is 5.70. The highest BCUT2D eigenvalue weighted by atomic mass is 16.6. The monoisotopic (exact) mass is 1080 g/mol. The lowest BCUT2D eigenvalue weighted by molar-refractivity contribution is -0.161. The van der Waals surface area contributed by atoms with Gasteiger partial charge in [-0.1, -0.05) is 342 Å². The summed E-state index contributed by atoms with van der Waals surface area (Å²) in [7, 11) is 0. The Morgan fingerprint density at radius 2 is 0.551 bits per heavy atom. The third-order valence-electron chi connectivity index (χ3n) is 14.9. The number of unbranched alkanes of at least 4 members (excludes halogenated alkanes) is 38. The lowest BCUT2D eigenvalue weighted by Crippen LogP contribution is -2.28. The van der Waals surface area contributed by atoms with Crippen molar-refractivity contribution < 1.29 is 24.2 Å². The molecule has 450 valence electrons. The van der Waals surface area contributed by atoms with E-state index >= 15 is 0 Å². The van der Waals surface area contributed by atoms with Gasteiger partial charge in [0, 0.05) is 12.8 Å². The molecule has 5 heteroatoms. The zero-order valence-electron chi connectivity index (χ0n) is 51.7. The van der Waals surface area contributed by atoms with Gasteiger partial charge in [0.1, 0.15) is 6.61 Å². The van der Waals surface area contributed by atoms with Gasteiger partial charge in [0.25, 0.3) is 0 Å². The third kappa shape index (κ3) is 65.3. The van der Waals surface area contributed by atoms with Gasteiger partial charge < -0.3 is 14.6 Å². The minimum atomic E-state index is -0.786. The number of aliphatic hydroxyl groups is 1. The van der Waals surface area contributed by atoms with Gasteiger partial charge in [-0.25, -0.2) is 0 Å². The summed E-state index contributed by atoms with van der Waals surface area (Å²) in [5, 5.41) is 9.69. The number of hydrogen-bond acceptors (Lipinski definition) is 5. The Hall–Kier alpha value is -3.18. The maximum atomic E-state index is 12.3. The fourth-order valence-electron chi connectivity index (χ4n) is 9.87. The molecule has 0 amide bonds. The highest BCUT2D eigenvalue weighted by Crippen LogP contribution is 2.18. The summed E-state index contributed by atoms with van der Waals surface area (Å²) in [6.07, 6.45) is 97.2. The van der Waals surface area contributed by atoms with Crippen LogP contribution in [0.5, 0.6) is 0 Å². The second-order valence-electron chi connectivity index (χ2n) is 22.5. The van der Waals surface area contributed by atoms with Crippen LogP contribution in [-0.4, -0.2) is 36.4 Å². The molecule has 0 aliphatic rings. The van der Waals surface area contributed by atoms with E-state index in [1.54, 1.807) is 0 Å². The van der Waals surface area contributed by atoms with Gasteiger partial charge >= 0.3 is 11.9 Å². The van der Waals surface area contributed by atoms with Crippen LogP contribution in [-0.2, 0) is 19.1 Å². The Bertz CT molecular complexity index is 1460. The van der Waals surface area contributed by atoms with Gasteiger partial charge in [0.05, 0.1) is 6.61 Å². The predicted octanol–water partition coefficient (Wildman–Crippen LogP) is 23.4. The summed E-state index contributed by atoms with van der Waals surface area (Å²) in [6.45, 7) is 4.05. The first-order valence-corrected chi connectivity index (χ1v) is 33.8. The van der Waals surface area contributed by atoms with E-state index < -0.39 is 6.10 Å². The van der Waals surface area contributed by atoms with Crippen molar-refractivity contribution >= 4 is 11.9 Å². The molecule has 0 aromatic carbocycles. The molecule has 0 spiro atoms. The van der Waals surface area contributed by atoms with Crippen molar-refractivity contribution in [3.05, 3.63) is 97.2 Å². The molecule has 0 fully saturated rings. The molecule has 78 heavy (non-hydrogen) atoms. The molecule has 1 atom stereocenters. The maximum absolute atomic E-state index is 12.3. The van der Waals surface area contributed by atoms with Gasteiger partial charge in [0.2, 0.25) is 0 Å². The minimum absolute atomic E-state index is 0.0736. The number of rotatable bonds is 62. The lowest BCUT2D eigenvalue weighted by atomic mass is 10.0. The largest absolute Gasteiger partial charge is 0.462 e. The van der Waals surface area contributed by atoms with Crippen LogP contribution in [0.1, 0.15) is 335 Å². The van der Waals surface area contributed by atoms with E-state index in [0.29, 0.717) is 12.8 Å². The normalized spacial score (nSPS) is 12.8. The fourth-order valence-corrected chi connectivity index (χ4v) is 9.87. The molecular formula is C73H128O5. The van der Waals surface area contributed by atoms with E-state index in [1.807, 2.05) is 0 Å². The number of esters is 2. The van der Waals surface area contributed by atoms with Crippen molar-refractivity contribution in [2.45, 2.75) is 341 Å². The first-order valence-electron chi connectivity index (χ1n) is 33.8. The van der Waals surface area contributed by atoms with Crippen LogP contribution in [0, 0.1) is 0 Å². The fraction of sp³-hybridized carbons (Fsp3) is 0.753. The smallest absolute Gasteiger partial charge is 0.306 e. The summed E-state index contributed by atoms with van der Waals surface area (Å²) >= 11 is 0. The Morgan fingerprint density at radius 1 is 0.308 bits per heavy atom. The summed E-state index contributed by atoms with van der Waals surface area (Å²) in [6, 6.07) is 0. The van der Waals surface area contributed by atoms with Gasteiger partial charge in [-0.15, -0.1) is 0 Å². The predicted molar refractivity (Wildman–Crippen MR) is 343 cm³/mol. The highest BCUT2D eigenvalue weighted by Gasteiger charge is 2.16. The van der Waals surface area contributed by atoms with Crippen LogP contribution in [0.3, 0.4) is 0 Å². The molecule has 0 aromatic rings. The topological polar surface area (TPSA) is 72.8 Å². The van der Waals surface area contributed by atoms with Crippen LogP contribution >= 0.6 is 0 Å². The molecular weight excluding hydrogens is 957 g/mol. The quantitative estimate of drug-likeness (QED) is 0.0373. The standard InChI is InChI=1S/C73H128O5/c1-3-5-7-9-11-13-15-17-19-21-23-25-27-29-31-33-35-36-38-39-41-43-45-47-49-51-53-55-57-59-61-63-65-67-72(75)77-70-71(69-74)78-73(76)68-66-64-62-60-58-56-54-52-50-48-46-44-42-40-37-34-32-30-28-26-24-22-20-18-16-14-12-10-8-6-4-2/h6,8,12,14,18,20,24,26,30,32,37,40,44,46,50,52,71,74H,3-5,7,9-11,13,15-17,19,21-23,25,27-29,31,33-36,38-39,41-43,45,47-49,51,53-70H2,1-2H3/b8-6-,14-12-,20-18-,26-24-,32-30-,40-37-,46-44-,52-50-. The molecule has 0 saturated heterocycles. The van der Waals surface area contributed by atoms with Crippen molar-refractivity contribution in [2.75, 3.05) is 13.2 Å². The molecule has 0 bridgehead atoms. The lowest BCUT2D eigenvalue weighted by Gasteiger charge is -2.15. The number of allylic oxidation sites excluding steroid dienone is 16. The van der Waals surface area contributed by atoms with Gasteiger partial charge in [-0.05, 0) is 77.0 Å². The van der Waals surface area contributed by atoms with Crippen molar-refractivity contribution in [1.29, 1.82) is 0 Å². The first kappa shape index (κ1) is 74.8. The first-order chi connectivity index (χ1) is 38.6. The van der Waals surface area contributed by atoms with Crippen LogP contribution in [0.2, 0.25) is 0 Å². The Morgan fingerprint density at radius 3 is 0.833 bits per heavy atom. The van der Waals surface area contributed by atoms with Crippen LogP contribution < -0.4 is 0 Å². The second-order valence-corrected chi connectivity index (χ2v) is 22.5. The van der Waals surface area contributed by atoms with E-state index in [2.05, 4.69) is 111 Å². The molecule has 0 saturated carbocycles. The van der Waals surface area contributed by atoms with E-state index in [1.165, 1.54) is 212 Å². The molecule has 0 radical (unpaired) electrons. The summed E-state index contributed by atoms with van der Waals surface area (Å²) in [5.41, 5.74) is 0.